The Hall–Kier alpha value is -1.46. The van der Waals surface area contributed by atoms with E-state index in [2.05, 4.69) is 29.0 Å². The van der Waals surface area contributed by atoms with Crippen molar-refractivity contribution < 1.29 is 9.53 Å². The highest BCUT2D eigenvalue weighted by molar-refractivity contribution is 5.93. The molecule has 0 saturated carbocycles. The van der Waals surface area contributed by atoms with Crippen molar-refractivity contribution in [3.63, 3.8) is 0 Å². The summed E-state index contributed by atoms with van der Waals surface area (Å²) in [5, 5.41) is 2.99. The van der Waals surface area contributed by atoms with Crippen molar-refractivity contribution >= 4 is 5.91 Å². The molecule has 0 atom stereocenters. The van der Waals surface area contributed by atoms with Crippen molar-refractivity contribution in [1.29, 1.82) is 0 Å². The molecular formula is C15H23N3O2. The van der Waals surface area contributed by atoms with Gasteiger partial charge in [0.2, 0.25) is 0 Å². The van der Waals surface area contributed by atoms with Crippen LogP contribution in [0.15, 0.2) is 18.3 Å². The van der Waals surface area contributed by atoms with E-state index in [1.54, 1.807) is 12.3 Å². The normalized spacial score (nSPS) is 16.9. The molecule has 1 fully saturated rings. The number of aryl methyl sites for hydroxylation is 1. The molecule has 0 spiro atoms. The molecule has 110 valence electrons. The van der Waals surface area contributed by atoms with Crippen LogP contribution in [0.25, 0.3) is 0 Å². The fraction of sp³-hybridized carbons (Fsp3) is 0.600. The SMILES string of the molecule is Cc1ccc(C(=O)NCC(C)(C)N2CCOCC2)cn1. The molecule has 0 radical (unpaired) electrons. The van der Waals surface area contributed by atoms with Gasteiger partial charge in [-0.2, -0.15) is 0 Å². The number of ether oxygens (including phenoxy) is 1. The number of nitrogens with zero attached hydrogens (tertiary/aromatic N) is 2. The Kier molecular flexibility index (Phi) is 4.73. The first-order valence-electron chi connectivity index (χ1n) is 7.03. The zero-order valence-corrected chi connectivity index (χ0v) is 12.5. The van der Waals surface area contributed by atoms with Crippen molar-refractivity contribution in [2.45, 2.75) is 26.3 Å². The van der Waals surface area contributed by atoms with E-state index in [-0.39, 0.29) is 11.4 Å². The van der Waals surface area contributed by atoms with Crippen molar-refractivity contribution in [2.24, 2.45) is 0 Å². The molecule has 1 aliphatic heterocycles. The smallest absolute Gasteiger partial charge is 0.252 e. The molecule has 1 amide bonds. The van der Waals surface area contributed by atoms with E-state index < -0.39 is 0 Å². The maximum atomic E-state index is 12.1. The zero-order chi connectivity index (χ0) is 14.6. The Bertz CT molecular complexity index is 451. The Labute approximate surface area is 120 Å². The van der Waals surface area contributed by atoms with Crippen LogP contribution in [0, 0.1) is 6.92 Å². The topological polar surface area (TPSA) is 54.5 Å². The van der Waals surface area contributed by atoms with Crippen LogP contribution in [0.2, 0.25) is 0 Å². The Morgan fingerprint density at radius 1 is 1.40 bits per heavy atom. The van der Waals surface area contributed by atoms with Crippen LogP contribution < -0.4 is 5.32 Å². The van der Waals surface area contributed by atoms with Gasteiger partial charge in [-0.3, -0.25) is 14.7 Å². The molecule has 0 aromatic carbocycles. The number of amides is 1. The predicted molar refractivity (Wildman–Crippen MR) is 77.8 cm³/mol. The van der Waals surface area contributed by atoms with Crippen molar-refractivity contribution in [2.75, 3.05) is 32.8 Å². The highest BCUT2D eigenvalue weighted by Gasteiger charge is 2.28. The maximum absolute atomic E-state index is 12.1. The number of carbonyl (C=O) groups excluding carboxylic acids is 1. The van der Waals surface area contributed by atoms with E-state index in [4.69, 9.17) is 4.74 Å². The molecule has 0 aliphatic carbocycles. The fourth-order valence-corrected chi connectivity index (χ4v) is 2.28. The second-order valence-corrected chi connectivity index (χ2v) is 5.78. The minimum atomic E-state index is -0.0719. The van der Waals surface area contributed by atoms with E-state index in [1.807, 2.05) is 13.0 Å². The molecule has 2 rings (SSSR count). The lowest BCUT2D eigenvalue weighted by atomic mass is 10.0. The third-order valence-corrected chi connectivity index (χ3v) is 3.72. The zero-order valence-electron chi connectivity index (χ0n) is 12.5. The number of aromatic nitrogens is 1. The first kappa shape index (κ1) is 14.9. The molecule has 1 aromatic rings. The number of nitrogens with one attached hydrogen (secondary N) is 1. The van der Waals surface area contributed by atoms with E-state index in [9.17, 15) is 4.79 Å². The van der Waals surface area contributed by atoms with Crippen LogP contribution in [0.4, 0.5) is 0 Å². The van der Waals surface area contributed by atoms with E-state index in [1.165, 1.54) is 0 Å². The largest absolute Gasteiger partial charge is 0.379 e. The molecule has 2 heterocycles. The molecule has 1 saturated heterocycles. The summed E-state index contributed by atoms with van der Waals surface area (Å²) in [7, 11) is 0. The summed E-state index contributed by atoms with van der Waals surface area (Å²) in [6.07, 6.45) is 1.62. The number of pyridine rings is 1. The molecule has 0 bridgehead atoms. The average Bonchev–Trinajstić information content (AvgIpc) is 2.46. The van der Waals surface area contributed by atoms with Gasteiger partial charge in [-0.05, 0) is 32.9 Å². The quantitative estimate of drug-likeness (QED) is 0.899. The maximum Gasteiger partial charge on any atom is 0.252 e. The summed E-state index contributed by atoms with van der Waals surface area (Å²) in [4.78, 5) is 18.6. The lowest BCUT2D eigenvalue weighted by Crippen LogP contribution is -2.55. The van der Waals surface area contributed by atoms with E-state index >= 15 is 0 Å². The van der Waals surface area contributed by atoms with Gasteiger partial charge in [0.25, 0.3) is 5.91 Å². The fourth-order valence-electron chi connectivity index (χ4n) is 2.28. The first-order chi connectivity index (χ1) is 9.49. The third kappa shape index (κ3) is 3.77. The molecule has 1 aliphatic rings. The predicted octanol–water partition coefficient (Wildman–Crippen LogP) is 1.23. The minimum Gasteiger partial charge on any atom is -0.379 e. The minimum absolute atomic E-state index is 0.0705. The Balaban J connectivity index is 1.90. The molecule has 1 aromatic heterocycles. The number of hydrogen-bond acceptors (Lipinski definition) is 4. The molecule has 1 N–H and O–H groups in total. The molecule has 20 heavy (non-hydrogen) atoms. The highest BCUT2D eigenvalue weighted by atomic mass is 16.5. The van der Waals surface area contributed by atoms with Gasteiger partial charge in [-0.25, -0.2) is 0 Å². The van der Waals surface area contributed by atoms with Crippen LogP contribution in [-0.2, 0) is 4.74 Å². The van der Waals surface area contributed by atoms with Gasteiger partial charge < -0.3 is 10.1 Å². The second-order valence-electron chi connectivity index (χ2n) is 5.78. The number of rotatable bonds is 4. The molecule has 5 heteroatoms. The van der Waals surface area contributed by atoms with E-state index in [0.717, 1.165) is 32.0 Å². The number of morpholine rings is 1. The summed E-state index contributed by atoms with van der Waals surface area (Å²) in [6.45, 7) is 10.2. The third-order valence-electron chi connectivity index (χ3n) is 3.72. The van der Waals surface area contributed by atoms with Crippen LogP contribution in [0.1, 0.15) is 29.9 Å². The van der Waals surface area contributed by atoms with Gasteiger partial charge in [0.15, 0.2) is 0 Å². The van der Waals surface area contributed by atoms with Crippen molar-refractivity contribution in [1.82, 2.24) is 15.2 Å². The number of carbonyl (C=O) groups is 1. The molecule has 5 nitrogen and oxygen atoms in total. The molecular weight excluding hydrogens is 254 g/mol. The van der Waals surface area contributed by atoms with Gasteiger partial charge in [0, 0.05) is 37.1 Å². The van der Waals surface area contributed by atoms with Crippen LogP contribution in [-0.4, -0.2) is 54.2 Å². The van der Waals surface area contributed by atoms with Gasteiger partial charge >= 0.3 is 0 Å². The summed E-state index contributed by atoms with van der Waals surface area (Å²) < 4.78 is 5.36. The van der Waals surface area contributed by atoms with Crippen LogP contribution >= 0.6 is 0 Å². The van der Waals surface area contributed by atoms with Crippen molar-refractivity contribution in [3.05, 3.63) is 29.6 Å². The highest BCUT2D eigenvalue weighted by Crippen LogP contribution is 2.15. The van der Waals surface area contributed by atoms with Crippen LogP contribution in [0.3, 0.4) is 0 Å². The summed E-state index contributed by atoms with van der Waals surface area (Å²) in [5.74, 6) is -0.0705. The summed E-state index contributed by atoms with van der Waals surface area (Å²) in [5.41, 5.74) is 1.45. The molecule has 0 unspecified atom stereocenters. The van der Waals surface area contributed by atoms with Gasteiger partial charge in [0.05, 0.1) is 18.8 Å². The summed E-state index contributed by atoms with van der Waals surface area (Å²) in [6, 6.07) is 3.65. The van der Waals surface area contributed by atoms with Gasteiger partial charge in [-0.1, -0.05) is 0 Å². The first-order valence-corrected chi connectivity index (χ1v) is 7.03. The van der Waals surface area contributed by atoms with E-state index in [0.29, 0.717) is 12.1 Å². The monoisotopic (exact) mass is 277 g/mol. The van der Waals surface area contributed by atoms with Crippen LogP contribution in [0.5, 0.6) is 0 Å². The van der Waals surface area contributed by atoms with Crippen molar-refractivity contribution in [3.8, 4) is 0 Å². The summed E-state index contributed by atoms with van der Waals surface area (Å²) >= 11 is 0. The number of hydrogen-bond donors (Lipinski definition) is 1. The Morgan fingerprint density at radius 3 is 2.70 bits per heavy atom. The standard InChI is InChI=1S/C15H23N3O2/c1-12-4-5-13(10-16-12)14(19)17-11-15(2,3)18-6-8-20-9-7-18/h4-5,10H,6-9,11H2,1-3H3,(H,17,19). The average molecular weight is 277 g/mol. The van der Waals surface area contributed by atoms with Gasteiger partial charge in [0.1, 0.15) is 0 Å². The van der Waals surface area contributed by atoms with Gasteiger partial charge in [-0.15, -0.1) is 0 Å². The lowest BCUT2D eigenvalue weighted by Gasteiger charge is -2.40. The Morgan fingerprint density at radius 2 is 2.10 bits per heavy atom. The second kappa shape index (κ2) is 6.33. The lowest BCUT2D eigenvalue weighted by molar-refractivity contribution is -0.00923.